The molecule has 0 atom stereocenters. The summed E-state index contributed by atoms with van der Waals surface area (Å²) in [5.74, 6) is 0. The van der Waals surface area contributed by atoms with Crippen molar-refractivity contribution in [3.8, 4) is 6.07 Å². The van der Waals surface area contributed by atoms with Gasteiger partial charge in [-0.2, -0.15) is 5.26 Å². The number of hydrogen-bond acceptors (Lipinski definition) is 1. The Bertz CT molecular complexity index is 179. The molecule has 12 heavy (non-hydrogen) atoms. The molecule has 0 aromatic rings. The minimum Gasteiger partial charge on any atom is -0.319 e. The van der Waals surface area contributed by atoms with Crippen molar-refractivity contribution in [2.75, 3.05) is 26.7 Å². The summed E-state index contributed by atoms with van der Waals surface area (Å²) in [6.45, 7) is 10.1. The maximum Gasteiger partial charge on any atom is 0.0971 e. The van der Waals surface area contributed by atoms with E-state index in [-0.39, 0.29) is 0 Å². The average Bonchev–Trinajstić information content (AvgIpc) is 2.02. The fraction of sp³-hybridized carbons (Fsp3) is 0.500. The molecule has 0 aliphatic heterocycles. The molecule has 0 heterocycles. The Labute approximate surface area is 75.0 Å². The molecule has 66 valence electrons. The van der Waals surface area contributed by atoms with Crippen molar-refractivity contribution in [3.63, 3.8) is 0 Å². The monoisotopic (exact) mass is 165 g/mol. The van der Waals surface area contributed by atoms with Crippen LogP contribution in [0.15, 0.2) is 25.3 Å². The zero-order chi connectivity index (χ0) is 9.45. The predicted octanol–water partition coefficient (Wildman–Crippen LogP) is 1.72. The van der Waals surface area contributed by atoms with Crippen LogP contribution in [-0.2, 0) is 0 Å². The van der Waals surface area contributed by atoms with Gasteiger partial charge in [-0.3, -0.25) is 0 Å². The van der Waals surface area contributed by atoms with Gasteiger partial charge in [-0.1, -0.05) is 13.2 Å². The topological polar surface area (TPSA) is 23.8 Å². The van der Waals surface area contributed by atoms with Gasteiger partial charge < -0.3 is 4.48 Å². The lowest BCUT2D eigenvalue weighted by Gasteiger charge is -2.31. The predicted molar refractivity (Wildman–Crippen MR) is 51.4 cm³/mol. The van der Waals surface area contributed by atoms with Crippen molar-refractivity contribution in [1.82, 2.24) is 0 Å². The molecule has 0 rings (SSSR count). The molecule has 0 N–H and O–H groups in total. The van der Waals surface area contributed by atoms with Gasteiger partial charge in [0.15, 0.2) is 0 Å². The SMILES string of the molecule is C=CC[N+](C)(CC=C)CCC#N. The summed E-state index contributed by atoms with van der Waals surface area (Å²) in [6.07, 6.45) is 4.37. The van der Waals surface area contributed by atoms with E-state index in [2.05, 4.69) is 26.3 Å². The Morgan fingerprint density at radius 1 is 1.33 bits per heavy atom. The quantitative estimate of drug-likeness (QED) is 0.434. The number of likely N-dealkylation sites (N-methyl/N-ethyl adjacent to an activating group) is 1. The largest absolute Gasteiger partial charge is 0.319 e. The highest BCUT2D eigenvalue weighted by atomic mass is 15.3. The first-order valence-electron chi connectivity index (χ1n) is 4.11. The van der Waals surface area contributed by atoms with Gasteiger partial charge in [0.05, 0.1) is 39.2 Å². The third-order valence-corrected chi connectivity index (χ3v) is 1.90. The van der Waals surface area contributed by atoms with Crippen molar-refractivity contribution in [3.05, 3.63) is 25.3 Å². The number of hydrogen-bond donors (Lipinski definition) is 0. The summed E-state index contributed by atoms with van der Waals surface area (Å²) in [7, 11) is 2.11. The smallest absolute Gasteiger partial charge is 0.0971 e. The van der Waals surface area contributed by atoms with E-state index in [1.165, 1.54) is 0 Å². The molecule has 0 aromatic heterocycles. The standard InChI is InChI=1S/C10H17N2/c1-4-8-12(3,9-5-2)10-6-7-11/h4-5H,1-2,6,8-10H2,3H3/q+1. The van der Waals surface area contributed by atoms with Crippen molar-refractivity contribution in [2.24, 2.45) is 0 Å². The molecule has 0 fully saturated rings. The highest BCUT2D eigenvalue weighted by Gasteiger charge is 2.16. The fourth-order valence-electron chi connectivity index (χ4n) is 1.20. The summed E-state index contributed by atoms with van der Waals surface area (Å²) < 4.78 is 0.834. The van der Waals surface area contributed by atoms with Crippen molar-refractivity contribution >= 4 is 0 Å². The molecule has 0 radical (unpaired) electrons. The van der Waals surface area contributed by atoms with E-state index >= 15 is 0 Å². The summed E-state index contributed by atoms with van der Waals surface area (Å²) >= 11 is 0. The van der Waals surface area contributed by atoms with E-state index in [9.17, 15) is 0 Å². The van der Waals surface area contributed by atoms with E-state index < -0.39 is 0 Å². The van der Waals surface area contributed by atoms with Crippen LogP contribution >= 0.6 is 0 Å². The molecule has 0 spiro atoms. The van der Waals surface area contributed by atoms with Crippen LogP contribution in [0.1, 0.15) is 6.42 Å². The van der Waals surface area contributed by atoms with E-state index in [1.54, 1.807) is 0 Å². The van der Waals surface area contributed by atoms with Crippen LogP contribution in [0.25, 0.3) is 0 Å². The van der Waals surface area contributed by atoms with Crippen LogP contribution in [-0.4, -0.2) is 31.2 Å². The zero-order valence-electron chi connectivity index (χ0n) is 7.79. The molecule has 0 saturated heterocycles. The summed E-state index contributed by atoms with van der Waals surface area (Å²) in [4.78, 5) is 0. The van der Waals surface area contributed by atoms with Crippen LogP contribution < -0.4 is 0 Å². The van der Waals surface area contributed by atoms with Gasteiger partial charge in [-0.05, 0) is 12.2 Å². The molecule has 0 amide bonds. The molecule has 0 saturated carbocycles. The Morgan fingerprint density at radius 3 is 2.17 bits per heavy atom. The number of nitriles is 1. The molecular formula is C10H17N2+. The Balaban J connectivity index is 4.07. The summed E-state index contributed by atoms with van der Waals surface area (Å²) in [5, 5.41) is 8.45. The first kappa shape index (κ1) is 10.9. The maximum atomic E-state index is 8.45. The van der Waals surface area contributed by atoms with Gasteiger partial charge in [0, 0.05) is 0 Å². The molecule has 0 aliphatic rings. The summed E-state index contributed by atoms with van der Waals surface area (Å²) in [5.41, 5.74) is 0. The number of rotatable bonds is 6. The van der Waals surface area contributed by atoms with Crippen molar-refractivity contribution in [2.45, 2.75) is 6.42 Å². The Morgan fingerprint density at radius 2 is 1.83 bits per heavy atom. The number of nitrogens with zero attached hydrogens (tertiary/aromatic N) is 2. The molecule has 0 aromatic carbocycles. The van der Waals surface area contributed by atoms with E-state index in [0.29, 0.717) is 6.42 Å². The second kappa shape index (κ2) is 5.56. The van der Waals surface area contributed by atoms with Crippen LogP contribution in [0.3, 0.4) is 0 Å². The molecule has 2 nitrogen and oxygen atoms in total. The molecular weight excluding hydrogens is 148 g/mol. The molecule has 2 heteroatoms. The van der Waals surface area contributed by atoms with Crippen molar-refractivity contribution < 1.29 is 4.48 Å². The van der Waals surface area contributed by atoms with Crippen LogP contribution in [0.5, 0.6) is 0 Å². The molecule has 0 unspecified atom stereocenters. The summed E-state index contributed by atoms with van der Waals surface area (Å²) in [6, 6.07) is 2.16. The van der Waals surface area contributed by atoms with Gasteiger partial charge in [-0.25, -0.2) is 0 Å². The Hall–Kier alpha value is -1.07. The fourth-order valence-corrected chi connectivity index (χ4v) is 1.20. The Kier molecular flexibility index (Phi) is 5.07. The van der Waals surface area contributed by atoms with Gasteiger partial charge in [0.1, 0.15) is 0 Å². The van der Waals surface area contributed by atoms with Gasteiger partial charge >= 0.3 is 0 Å². The highest BCUT2D eigenvalue weighted by molar-refractivity contribution is 4.74. The first-order valence-corrected chi connectivity index (χ1v) is 4.11. The third-order valence-electron chi connectivity index (χ3n) is 1.90. The zero-order valence-corrected chi connectivity index (χ0v) is 7.79. The van der Waals surface area contributed by atoms with E-state index in [4.69, 9.17) is 5.26 Å². The molecule has 0 bridgehead atoms. The van der Waals surface area contributed by atoms with Crippen LogP contribution in [0, 0.1) is 11.3 Å². The second-order valence-corrected chi connectivity index (χ2v) is 3.19. The minimum absolute atomic E-state index is 0.595. The maximum absolute atomic E-state index is 8.45. The van der Waals surface area contributed by atoms with Gasteiger partial charge in [0.2, 0.25) is 0 Å². The third kappa shape index (κ3) is 3.95. The van der Waals surface area contributed by atoms with E-state index in [0.717, 1.165) is 24.1 Å². The number of quaternary nitrogens is 1. The van der Waals surface area contributed by atoms with Crippen molar-refractivity contribution in [1.29, 1.82) is 5.26 Å². The average molecular weight is 165 g/mol. The lowest BCUT2D eigenvalue weighted by atomic mass is 10.3. The van der Waals surface area contributed by atoms with Gasteiger partial charge in [-0.15, -0.1) is 0 Å². The second-order valence-electron chi connectivity index (χ2n) is 3.19. The van der Waals surface area contributed by atoms with Crippen LogP contribution in [0.4, 0.5) is 0 Å². The van der Waals surface area contributed by atoms with E-state index in [1.807, 2.05) is 12.2 Å². The first-order chi connectivity index (χ1) is 5.68. The van der Waals surface area contributed by atoms with Gasteiger partial charge in [0.25, 0.3) is 0 Å². The minimum atomic E-state index is 0.595. The highest BCUT2D eigenvalue weighted by Crippen LogP contribution is 2.03. The normalized spacial score (nSPS) is 10.3. The lowest BCUT2D eigenvalue weighted by Crippen LogP contribution is -2.44. The van der Waals surface area contributed by atoms with Crippen LogP contribution in [0.2, 0.25) is 0 Å². The molecule has 0 aliphatic carbocycles. The lowest BCUT2D eigenvalue weighted by molar-refractivity contribution is -0.897.